The molecule has 0 saturated carbocycles. The van der Waals surface area contributed by atoms with Crippen molar-refractivity contribution in [3.8, 4) is 0 Å². The summed E-state index contributed by atoms with van der Waals surface area (Å²) in [7, 11) is -3.04. The lowest BCUT2D eigenvalue weighted by molar-refractivity contribution is 0.427. The summed E-state index contributed by atoms with van der Waals surface area (Å²) in [6.45, 7) is 4.30. The molecule has 0 radical (unpaired) electrons. The van der Waals surface area contributed by atoms with Crippen LogP contribution in [0.25, 0.3) is 11.0 Å². The van der Waals surface area contributed by atoms with Crippen molar-refractivity contribution in [2.24, 2.45) is 0 Å². The van der Waals surface area contributed by atoms with Crippen molar-refractivity contribution in [3.05, 3.63) is 35.6 Å². The number of sulfone groups is 1. The zero-order chi connectivity index (χ0) is 14.3. The number of benzene rings is 1. The van der Waals surface area contributed by atoms with Crippen LogP contribution in [-0.4, -0.2) is 26.0 Å². The van der Waals surface area contributed by atoms with Gasteiger partial charge in [-0.1, -0.05) is 25.1 Å². The molecule has 1 aliphatic rings. The van der Waals surface area contributed by atoms with Crippen LogP contribution in [0, 0.1) is 0 Å². The summed E-state index contributed by atoms with van der Waals surface area (Å²) in [6.07, 6.45) is 0.833. The Labute approximate surface area is 119 Å². The molecular formula is C15H19NO3S. The maximum absolute atomic E-state index is 12.1. The van der Waals surface area contributed by atoms with Gasteiger partial charge in [0, 0.05) is 17.5 Å². The molecule has 3 rings (SSSR count). The van der Waals surface area contributed by atoms with E-state index >= 15 is 0 Å². The molecule has 2 unspecified atom stereocenters. The van der Waals surface area contributed by atoms with E-state index in [2.05, 4.69) is 12.2 Å². The summed E-state index contributed by atoms with van der Waals surface area (Å²) in [6, 6.07) is 7.63. The fourth-order valence-electron chi connectivity index (χ4n) is 2.82. The van der Waals surface area contributed by atoms with Crippen LogP contribution < -0.4 is 5.32 Å². The summed E-state index contributed by atoms with van der Waals surface area (Å²) < 4.78 is 30.1. The van der Waals surface area contributed by atoms with Gasteiger partial charge in [0.15, 0.2) is 9.84 Å². The van der Waals surface area contributed by atoms with E-state index in [1.54, 1.807) is 6.92 Å². The Hall–Kier alpha value is -1.33. The first-order chi connectivity index (χ1) is 9.53. The van der Waals surface area contributed by atoms with E-state index in [0.29, 0.717) is 6.54 Å². The van der Waals surface area contributed by atoms with E-state index < -0.39 is 9.84 Å². The van der Waals surface area contributed by atoms with Crippen molar-refractivity contribution in [2.45, 2.75) is 31.6 Å². The van der Waals surface area contributed by atoms with E-state index in [0.717, 1.165) is 28.7 Å². The van der Waals surface area contributed by atoms with Gasteiger partial charge in [-0.05, 0) is 19.4 Å². The van der Waals surface area contributed by atoms with Gasteiger partial charge in [0.2, 0.25) is 0 Å². The number of nitrogens with one attached hydrogen (secondary N) is 1. The Morgan fingerprint density at radius 2 is 2.10 bits per heavy atom. The minimum absolute atomic E-state index is 0.112. The zero-order valence-corrected chi connectivity index (χ0v) is 12.5. The van der Waals surface area contributed by atoms with Gasteiger partial charge in [-0.15, -0.1) is 0 Å². The molecule has 1 aromatic heterocycles. The highest BCUT2D eigenvalue weighted by Crippen LogP contribution is 2.32. The molecule has 1 aromatic carbocycles. The van der Waals surface area contributed by atoms with Crippen molar-refractivity contribution in [1.29, 1.82) is 0 Å². The van der Waals surface area contributed by atoms with Gasteiger partial charge in [-0.25, -0.2) is 8.42 Å². The van der Waals surface area contributed by atoms with Crippen LogP contribution in [0.15, 0.2) is 28.7 Å². The fraction of sp³-hybridized carbons (Fsp3) is 0.467. The first-order valence-electron chi connectivity index (χ1n) is 6.98. The topological polar surface area (TPSA) is 59.3 Å². The third-order valence-corrected chi connectivity index (χ3v) is 6.25. The average molecular weight is 293 g/mol. The van der Waals surface area contributed by atoms with Crippen LogP contribution >= 0.6 is 0 Å². The number of aryl methyl sites for hydroxylation is 1. The zero-order valence-electron chi connectivity index (χ0n) is 11.7. The van der Waals surface area contributed by atoms with E-state index in [1.165, 1.54) is 0 Å². The number of para-hydroxylation sites is 1. The SMILES string of the molecule is CCc1c(C2CS(=O)(=O)C(C)CN2)oc2ccccc12. The molecular weight excluding hydrogens is 274 g/mol. The van der Waals surface area contributed by atoms with Gasteiger partial charge >= 0.3 is 0 Å². The van der Waals surface area contributed by atoms with Gasteiger partial charge in [0.25, 0.3) is 0 Å². The number of fused-ring (bicyclic) bond motifs is 1. The highest BCUT2D eigenvalue weighted by Gasteiger charge is 2.34. The third kappa shape index (κ3) is 2.15. The van der Waals surface area contributed by atoms with Gasteiger partial charge in [-0.3, -0.25) is 0 Å². The van der Waals surface area contributed by atoms with Gasteiger partial charge in [0.05, 0.1) is 17.0 Å². The molecule has 2 aromatic rings. The molecule has 5 heteroatoms. The van der Waals surface area contributed by atoms with Crippen molar-refractivity contribution in [1.82, 2.24) is 5.32 Å². The predicted octanol–water partition coefficient (Wildman–Crippen LogP) is 2.44. The summed E-state index contributed by atoms with van der Waals surface area (Å²) in [4.78, 5) is 0. The van der Waals surface area contributed by atoms with Crippen LogP contribution in [0.3, 0.4) is 0 Å². The predicted molar refractivity (Wildman–Crippen MR) is 79.6 cm³/mol. The minimum Gasteiger partial charge on any atom is -0.459 e. The second kappa shape index (κ2) is 4.90. The number of furan rings is 1. The van der Waals surface area contributed by atoms with E-state index in [1.807, 2.05) is 24.3 Å². The lowest BCUT2D eigenvalue weighted by Gasteiger charge is -2.27. The van der Waals surface area contributed by atoms with Crippen LogP contribution in [0.2, 0.25) is 0 Å². The van der Waals surface area contributed by atoms with E-state index in [4.69, 9.17) is 4.42 Å². The Morgan fingerprint density at radius 3 is 2.80 bits per heavy atom. The molecule has 0 bridgehead atoms. The highest BCUT2D eigenvalue weighted by atomic mass is 32.2. The molecule has 0 aliphatic carbocycles. The molecule has 4 nitrogen and oxygen atoms in total. The van der Waals surface area contributed by atoms with Crippen molar-refractivity contribution < 1.29 is 12.8 Å². The maximum atomic E-state index is 12.1. The highest BCUT2D eigenvalue weighted by molar-refractivity contribution is 7.92. The molecule has 0 spiro atoms. The lowest BCUT2D eigenvalue weighted by Crippen LogP contribution is -2.44. The van der Waals surface area contributed by atoms with Crippen molar-refractivity contribution in [2.75, 3.05) is 12.3 Å². The first-order valence-corrected chi connectivity index (χ1v) is 8.69. The normalized spacial score (nSPS) is 25.9. The van der Waals surface area contributed by atoms with Crippen LogP contribution in [0.5, 0.6) is 0 Å². The summed E-state index contributed by atoms with van der Waals surface area (Å²) >= 11 is 0. The second-order valence-corrected chi connectivity index (χ2v) is 7.86. The summed E-state index contributed by atoms with van der Waals surface area (Å²) in [5, 5.41) is 4.06. The summed E-state index contributed by atoms with van der Waals surface area (Å²) in [5.41, 5.74) is 1.94. The second-order valence-electron chi connectivity index (χ2n) is 5.40. The first kappa shape index (κ1) is 13.6. The Morgan fingerprint density at radius 1 is 1.35 bits per heavy atom. The monoisotopic (exact) mass is 293 g/mol. The smallest absolute Gasteiger partial charge is 0.156 e. The van der Waals surface area contributed by atoms with E-state index in [9.17, 15) is 8.42 Å². The molecule has 0 amide bonds. The quantitative estimate of drug-likeness (QED) is 0.924. The Kier molecular flexibility index (Phi) is 3.34. The molecule has 1 N–H and O–H groups in total. The number of rotatable bonds is 2. The minimum atomic E-state index is -3.04. The van der Waals surface area contributed by atoms with Gasteiger partial charge in [-0.2, -0.15) is 0 Å². The average Bonchev–Trinajstić information content (AvgIpc) is 2.80. The van der Waals surface area contributed by atoms with Crippen LogP contribution in [0.1, 0.15) is 31.2 Å². The molecule has 108 valence electrons. The number of hydrogen-bond acceptors (Lipinski definition) is 4. The van der Waals surface area contributed by atoms with Gasteiger partial charge < -0.3 is 9.73 Å². The Balaban J connectivity index is 2.06. The molecule has 20 heavy (non-hydrogen) atoms. The molecule has 1 saturated heterocycles. The van der Waals surface area contributed by atoms with E-state index in [-0.39, 0.29) is 17.0 Å². The fourth-order valence-corrected chi connectivity index (χ4v) is 4.24. The maximum Gasteiger partial charge on any atom is 0.156 e. The van der Waals surface area contributed by atoms with Gasteiger partial charge in [0.1, 0.15) is 11.3 Å². The lowest BCUT2D eigenvalue weighted by atomic mass is 10.0. The molecule has 1 fully saturated rings. The number of hydrogen-bond donors (Lipinski definition) is 1. The van der Waals surface area contributed by atoms with Crippen LogP contribution in [-0.2, 0) is 16.3 Å². The molecule has 2 heterocycles. The third-order valence-electron chi connectivity index (χ3n) is 4.06. The van der Waals surface area contributed by atoms with Crippen molar-refractivity contribution >= 4 is 20.8 Å². The summed E-state index contributed by atoms with van der Waals surface area (Å²) in [5.74, 6) is 0.894. The standard InChI is InChI=1S/C15H19NO3S/c1-3-11-12-6-4-5-7-14(12)19-15(11)13-9-20(17,18)10(2)8-16-13/h4-7,10,13,16H,3,8-9H2,1-2H3. The van der Waals surface area contributed by atoms with Crippen molar-refractivity contribution in [3.63, 3.8) is 0 Å². The molecule has 2 atom stereocenters. The van der Waals surface area contributed by atoms with Crippen LogP contribution in [0.4, 0.5) is 0 Å². The Bertz CT molecular complexity index is 733. The molecule has 1 aliphatic heterocycles. The largest absolute Gasteiger partial charge is 0.459 e.